The van der Waals surface area contributed by atoms with Crippen molar-refractivity contribution < 1.29 is 9.59 Å². The molecule has 25 heavy (non-hydrogen) atoms. The summed E-state index contributed by atoms with van der Waals surface area (Å²) in [6.45, 7) is 2.96. The molecule has 0 aromatic heterocycles. The van der Waals surface area contributed by atoms with Crippen LogP contribution in [0.4, 0.5) is 11.4 Å². The van der Waals surface area contributed by atoms with Crippen LogP contribution in [0.3, 0.4) is 0 Å². The van der Waals surface area contributed by atoms with E-state index in [0.29, 0.717) is 13.0 Å². The Morgan fingerprint density at radius 1 is 1.00 bits per heavy atom. The molecule has 2 aromatic carbocycles. The minimum absolute atomic E-state index is 0.0331. The van der Waals surface area contributed by atoms with Crippen LogP contribution in [0.5, 0.6) is 0 Å². The van der Waals surface area contributed by atoms with Crippen LogP contribution < -0.4 is 9.80 Å². The standard InChI is InChI=1S/C21H22N2O2/c1-15(24)23-14-17(18-9-3-5-11-20(18)23)13-21(25)22-12-6-8-16-7-2-4-10-19(16)22/h2-5,7,9-11,17H,6,8,12-14H2,1H3. The minimum atomic E-state index is 0.0331. The molecule has 2 aliphatic heterocycles. The van der Waals surface area contributed by atoms with Gasteiger partial charge in [0.25, 0.3) is 0 Å². The number of benzene rings is 2. The second kappa shape index (κ2) is 6.36. The van der Waals surface area contributed by atoms with Gasteiger partial charge in [-0.1, -0.05) is 36.4 Å². The van der Waals surface area contributed by atoms with Crippen molar-refractivity contribution in [3.05, 3.63) is 59.7 Å². The van der Waals surface area contributed by atoms with Crippen molar-refractivity contribution in [2.45, 2.75) is 32.1 Å². The number of amides is 2. The topological polar surface area (TPSA) is 40.6 Å². The van der Waals surface area contributed by atoms with Gasteiger partial charge in [-0.05, 0) is 36.1 Å². The third-order valence-corrected chi connectivity index (χ3v) is 5.28. The molecule has 0 radical (unpaired) electrons. The first-order chi connectivity index (χ1) is 12.1. The Morgan fingerprint density at radius 3 is 2.52 bits per heavy atom. The van der Waals surface area contributed by atoms with Gasteiger partial charge in [0, 0.05) is 43.7 Å². The number of para-hydroxylation sites is 2. The molecule has 2 amide bonds. The van der Waals surface area contributed by atoms with E-state index in [1.54, 1.807) is 11.8 Å². The number of hydrogen-bond donors (Lipinski definition) is 0. The Hall–Kier alpha value is -2.62. The van der Waals surface area contributed by atoms with Gasteiger partial charge in [-0.15, -0.1) is 0 Å². The largest absolute Gasteiger partial charge is 0.312 e. The predicted molar refractivity (Wildman–Crippen MR) is 98.9 cm³/mol. The highest BCUT2D eigenvalue weighted by Gasteiger charge is 2.33. The Labute approximate surface area is 148 Å². The van der Waals surface area contributed by atoms with E-state index in [4.69, 9.17) is 0 Å². The number of carbonyl (C=O) groups is 2. The summed E-state index contributed by atoms with van der Waals surface area (Å²) >= 11 is 0. The molecule has 2 aliphatic rings. The molecule has 0 spiro atoms. The van der Waals surface area contributed by atoms with E-state index >= 15 is 0 Å². The van der Waals surface area contributed by atoms with Gasteiger partial charge in [0.1, 0.15) is 0 Å². The van der Waals surface area contributed by atoms with Crippen LogP contribution in [-0.2, 0) is 16.0 Å². The van der Waals surface area contributed by atoms with Crippen molar-refractivity contribution in [2.24, 2.45) is 0 Å². The minimum Gasteiger partial charge on any atom is -0.312 e. The fourth-order valence-electron chi connectivity index (χ4n) is 4.08. The van der Waals surface area contributed by atoms with Crippen molar-refractivity contribution in [3.63, 3.8) is 0 Å². The van der Waals surface area contributed by atoms with Crippen molar-refractivity contribution in [1.29, 1.82) is 0 Å². The zero-order valence-electron chi connectivity index (χ0n) is 14.4. The smallest absolute Gasteiger partial charge is 0.227 e. The molecule has 4 rings (SSSR count). The fourth-order valence-corrected chi connectivity index (χ4v) is 4.08. The van der Waals surface area contributed by atoms with Gasteiger partial charge in [0.15, 0.2) is 0 Å². The van der Waals surface area contributed by atoms with E-state index in [0.717, 1.165) is 36.3 Å². The molecule has 0 N–H and O–H groups in total. The molecule has 0 aliphatic carbocycles. The van der Waals surface area contributed by atoms with Crippen molar-refractivity contribution in [3.8, 4) is 0 Å². The first-order valence-electron chi connectivity index (χ1n) is 8.90. The zero-order valence-corrected chi connectivity index (χ0v) is 14.4. The summed E-state index contributed by atoms with van der Waals surface area (Å²) in [7, 11) is 0. The van der Waals surface area contributed by atoms with Gasteiger partial charge >= 0.3 is 0 Å². The lowest BCUT2D eigenvalue weighted by Crippen LogP contribution is -2.37. The predicted octanol–water partition coefficient (Wildman–Crippen LogP) is 3.51. The zero-order chi connectivity index (χ0) is 17.4. The fraction of sp³-hybridized carbons (Fsp3) is 0.333. The Balaban J connectivity index is 1.58. The molecular weight excluding hydrogens is 312 g/mol. The van der Waals surface area contributed by atoms with Crippen LogP contribution in [0.25, 0.3) is 0 Å². The van der Waals surface area contributed by atoms with Crippen LogP contribution in [-0.4, -0.2) is 24.9 Å². The monoisotopic (exact) mass is 334 g/mol. The summed E-state index contributed by atoms with van der Waals surface area (Å²) in [5, 5.41) is 0. The number of fused-ring (bicyclic) bond motifs is 2. The van der Waals surface area contributed by atoms with E-state index < -0.39 is 0 Å². The Bertz CT molecular complexity index is 830. The third-order valence-electron chi connectivity index (χ3n) is 5.28. The van der Waals surface area contributed by atoms with Crippen LogP contribution in [0, 0.1) is 0 Å². The highest BCUT2D eigenvalue weighted by atomic mass is 16.2. The number of aryl methyl sites for hydroxylation is 1. The Kier molecular flexibility index (Phi) is 4.04. The summed E-state index contributed by atoms with van der Waals surface area (Å²) in [6.07, 6.45) is 2.48. The molecule has 128 valence electrons. The molecule has 2 aromatic rings. The van der Waals surface area contributed by atoms with E-state index in [-0.39, 0.29) is 17.7 Å². The van der Waals surface area contributed by atoms with Crippen LogP contribution in [0.2, 0.25) is 0 Å². The van der Waals surface area contributed by atoms with Crippen molar-refractivity contribution >= 4 is 23.2 Å². The quantitative estimate of drug-likeness (QED) is 0.843. The van der Waals surface area contributed by atoms with Gasteiger partial charge in [0.05, 0.1) is 0 Å². The summed E-state index contributed by atoms with van der Waals surface area (Å²) < 4.78 is 0. The van der Waals surface area contributed by atoms with Crippen LogP contribution in [0.15, 0.2) is 48.5 Å². The lowest BCUT2D eigenvalue weighted by molar-refractivity contribution is -0.119. The van der Waals surface area contributed by atoms with E-state index in [1.807, 2.05) is 47.4 Å². The van der Waals surface area contributed by atoms with Crippen molar-refractivity contribution in [1.82, 2.24) is 0 Å². The average Bonchev–Trinajstić information content (AvgIpc) is 3.00. The van der Waals surface area contributed by atoms with Gasteiger partial charge in [-0.25, -0.2) is 0 Å². The SMILES string of the molecule is CC(=O)N1CC(CC(=O)N2CCCc3ccccc32)c2ccccc21. The lowest BCUT2D eigenvalue weighted by Gasteiger charge is -2.30. The van der Waals surface area contributed by atoms with E-state index in [1.165, 1.54) is 5.56 Å². The molecule has 0 saturated heterocycles. The molecule has 1 unspecified atom stereocenters. The maximum Gasteiger partial charge on any atom is 0.227 e. The second-order valence-corrected chi connectivity index (χ2v) is 6.87. The Morgan fingerprint density at radius 2 is 1.72 bits per heavy atom. The maximum atomic E-state index is 13.0. The second-order valence-electron chi connectivity index (χ2n) is 6.87. The summed E-state index contributed by atoms with van der Waals surface area (Å²) in [5.74, 6) is 0.254. The first-order valence-corrected chi connectivity index (χ1v) is 8.90. The normalized spacial score (nSPS) is 18.7. The number of carbonyl (C=O) groups excluding carboxylic acids is 2. The van der Waals surface area contributed by atoms with Crippen molar-refractivity contribution in [2.75, 3.05) is 22.9 Å². The number of rotatable bonds is 2. The van der Waals surface area contributed by atoms with Crippen LogP contribution in [0.1, 0.15) is 36.8 Å². The molecule has 2 heterocycles. The molecule has 4 heteroatoms. The van der Waals surface area contributed by atoms with Crippen LogP contribution >= 0.6 is 0 Å². The number of anilines is 2. The lowest BCUT2D eigenvalue weighted by atomic mass is 9.95. The summed E-state index contributed by atoms with van der Waals surface area (Å²) in [5.41, 5.74) is 4.36. The summed E-state index contributed by atoms with van der Waals surface area (Å²) in [6, 6.07) is 16.1. The molecule has 1 atom stereocenters. The highest BCUT2D eigenvalue weighted by molar-refractivity contribution is 5.97. The molecule has 0 bridgehead atoms. The first kappa shape index (κ1) is 15.9. The number of nitrogens with zero attached hydrogens (tertiary/aromatic N) is 2. The van der Waals surface area contributed by atoms with Gasteiger partial charge < -0.3 is 9.80 Å². The molecule has 4 nitrogen and oxygen atoms in total. The van der Waals surface area contributed by atoms with E-state index in [9.17, 15) is 9.59 Å². The highest BCUT2D eigenvalue weighted by Crippen LogP contribution is 2.39. The molecule has 0 fully saturated rings. The average molecular weight is 334 g/mol. The molecular formula is C21H22N2O2. The maximum absolute atomic E-state index is 13.0. The third kappa shape index (κ3) is 2.82. The van der Waals surface area contributed by atoms with Gasteiger partial charge in [0.2, 0.25) is 11.8 Å². The van der Waals surface area contributed by atoms with Gasteiger partial charge in [-0.2, -0.15) is 0 Å². The summed E-state index contributed by atoms with van der Waals surface area (Å²) in [4.78, 5) is 28.7. The number of hydrogen-bond acceptors (Lipinski definition) is 2. The van der Waals surface area contributed by atoms with Gasteiger partial charge in [-0.3, -0.25) is 9.59 Å². The van der Waals surface area contributed by atoms with E-state index in [2.05, 4.69) is 6.07 Å². The molecule has 0 saturated carbocycles.